The van der Waals surface area contributed by atoms with Crippen LogP contribution in [0.15, 0.2) is 54.6 Å². The third kappa shape index (κ3) is 6.33. The molecule has 0 aliphatic rings. The molecule has 25 heavy (non-hydrogen) atoms. The smallest absolute Gasteiger partial charge is 0.408 e. The molecule has 1 unspecified atom stereocenters. The van der Waals surface area contributed by atoms with Crippen LogP contribution in [0.5, 0.6) is 0 Å². The zero-order valence-electron chi connectivity index (χ0n) is 14.7. The van der Waals surface area contributed by atoms with Gasteiger partial charge in [-0.2, -0.15) is 0 Å². The first-order valence-electron chi connectivity index (χ1n) is 8.15. The fourth-order valence-electron chi connectivity index (χ4n) is 2.18. The molecule has 0 heterocycles. The van der Waals surface area contributed by atoms with Crippen LogP contribution in [0.2, 0.25) is 0 Å². The minimum Gasteiger partial charge on any atom is -0.444 e. The van der Waals surface area contributed by atoms with Crippen molar-refractivity contribution in [3.05, 3.63) is 71.3 Å². The summed E-state index contributed by atoms with van der Waals surface area (Å²) >= 11 is 0. The number of alkyl carbamates (subject to hydrolysis) is 1. The largest absolute Gasteiger partial charge is 0.444 e. The van der Waals surface area contributed by atoms with E-state index in [0.717, 1.165) is 16.7 Å². The Kier molecular flexibility index (Phi) is 6.21. The molecule has 2 aromatic rings. The highest BCUT2D eigenvalue weighted by Crippen LogP contribution is 2.16. The minimum atomic E-state index is -0.590. The number of hydrogen-bond acceptors (Lipinski definition) is 3. The molecule has 2 aromatic carbocycles. The number of aliphatic hydroxyl groups is 1. The maximum atomic E-state index is 11.9. The van der Waals surface area contributed by atoms with Crippen molar-refractivity contribution in [3.8, 4) is 11.8 Å². The Morgan fingerprint density at radius 3 is 2.36 bits per heavy atom. The van der Waals surface area contributed by atoms with Gasteiger partial charge in [0.15, 0.2) is 0 Å². The number of rotatable bonds is 3. The molecule has 1 atom stereocenters. The molecule has 0 aromatic heterocycles. The van der Waals surface area contributed by atoms with Gasteiger partial charge < -0.3 is 15.2 Å². The van der Waals surface area contributed by atoms with Crippen LogP contribution >= 0.6 is 0 Å². The first-order chi connectivity index (χ1) is 11.9. The lowest BCUT2D eigenvalue weighted by molar-refractivity contribution is 0.0482. The van der Waals surface area contributed by atoms with E-state index in [2.05, 4.69) is 17.2 Å². The van der Waals surface area contributed by atoms with Gasteiger partial charge in [0, 0.05) is 11.1 Å². The fraction of sp³-hybridized carbons (Fsp3) is 0.286. The van der Waals surface area contributed by atoms with Crippen molar-refractivity contribution in [1.29, 1.82) is 0 Å². The summed E-state index contributed by atoms with van der Waals surface area (Å²) in [5.41, 5.74) is 1.92. The summed E-state index contributed by atoms with van der Waals surface area (Å²) in [6.45, 7) is 5.15. The monoisotopic (exact) mass is 337 g/mol. The van der Waals surface area contributed by atoms with Gasteiger partial charge in [0.05, 0.1) is 12.6 Å². The Bertz CT molecular complexity index is 767. The Hall–Kier alpha value is -2.77. The van der Waals surface area contributed by atoms with Crippen molar-refractivity contribution < 1.29 is 14.6 Å². The number of hydrogen-bond donors (Lipinski definition) is 2. The summed E-state index contributed by atoms with van der Waals surface area (Å²) < 4.78 is 5.24. The predicted octanol–water partition coefficient (Wildman–Crippen LogP) is 3.64. The summed E-state index contributed by atoms with van der Waals surface area (Å²) in [7, 11) is 0. The molecule has 0 bridgehead atoms. The van der Waals surface area contributed by atoms with Gasteiger partial charge in [-0.3, -0.25) is 0 Å². The Morgan fingerprint density at radius 2 is 1.72 bits per heavy atom. The molecule has 0 spiro atoms. The molecule has 0 aliphatic heterocycles. The van der Waals surface area contributed by atoms with Gasteiger partial charge in [-0.25, -0.2) is 4.79 Å². The molecule has 0 aliphatic carbocycles. The van der Waals surface area contributed by atoms with Gasteiger partial charge >= 0.3 is 6.09 Å². The maximum absolute atomic E-state index is 11.9. The summed E-state index contributed by atoms with van der Waals surface area (Å²) in [5.74, 6) is 6.19. The number of benzene rings is 2. The average molecular weight is 337 g/mol. The summed E-state index contributed by atoms with van der Waals surface area (Å²) in [6.07, 6.45) is -0.563. The summed E-state index contributed by atoms with van der Waals surface area (Å²) in [4.78, 5) is 11.9. The third-order valence-electron chi connectivity index (χ3n) is 3.29. The molecule has 130 valence electrons. The first kappa shape index (κ1) is 18.6. The predicted molar refractivity (Wildman–Crippen MR) is 98.1 cm³/mol. The van der Waals surface area contributed by atoms with Crippen LogP contribution in [-0.2, 0) is 4.74 Å². The van der Waals surface area contributed by atoms with Crippen LogP contribution in [0.1, 0.15) is 43.5 Å². The van der Waals surface area contributed by atoms with E-state index >= 15 is 0 Å². The molecule has 4 heteroatoms. The second-order valence-corrected chi connectivity index (χ2v) is 6.62. The van der Waals surface area contributed by atoms with Crippen LogP contribution in [0, 0.1) is 11.8 Å². The number of carbonyl (C=O) groups is 1. The molecular weight excluding hydrogens is 314 g/mol. The molecular formula is C21H23NO3. The summed E-state index contributed by atoms with van der Waals surface area (Å²) in [5, 5.41) is 12.3. The number of carbonyl (C=O) groups excluding carboxylic acids is 1. The zero-order valence-corrected chi connectivity index (χ0v) is 14.7. The van der Waals surface area contributed by atoms with Gasteiger partial charge in [0.25, 0.3) is 0 Å². The standard InChI is InChI=1S/C21H23NO3/c1-21(2,3)25-20(24)22-19(15-23)18-11-7-10-17(14-18)13-12-16-8-5-4-6-9-16/h4-11,14,19,23H,15H2,1-3H3,(H,22,24). The van der Waals surface area contributed by atoms with E-state index in [1.807, 2.05) is 54.6 Å². The lowest BCUT2D eigenvalue weighted by Gasteiger charge is -2.23. The van der Waals surface area contributed by atoms with Crippen molar-refractivity contribution in [2.24, 2.45) is 0 Å². The SMILES string of the molecule is CC(C)(C)OC(=O)NC(CO)c1cccc(C#Cc2ccccc2)c1. The second kappa shape index (κ2) is 8.36. The molecule has 0 fully saturated rings. The molecule has 4 nitrogen and oxygen atoms in total. The highest BCUT2D eigenvalue weighted by molar-refractivity contribution is 5.68. The lowest BCUT2D eigenvalue weighted by Crippen LogP contribution is -2.36. The highest BCUT2D eigenvalue weighted by Gasteiger charge is 2.20. The van der Waals surface area contributed by atoms with E-state index in [-0.39, 0.29) is 6.61 Å². The van der Waals surface area contributed by atoms with Crippen LogP contribution in [-0.4, -0.2) is 23.4 Å². The third-order valence-corrected chi connectivity index (χ3v) is 3.29. The van der Waals surface area contributed by atoms with Gasteiger partial charge in [-0.05, 0) is 50.6 Å². The topological polar surface area (TPSA) is 58.6 Å². The van der Waals surface area contributed by atoms with Gasteiger partial charge in [-0.1, -0.05) is 42.2 Å². The Labute approximate surface area is 148 Å². The molecule has 0 saturated carbocycles. The maximum Gasteiger partial charge on any atom is 0.408 e. The number of ether oxygens (including phenoxy) is 1. The zero-order chi connectivity index (χ0) is 18.3. The van der Waals surface area contributed by atoms with Crippen molar-refractivity contribution in [2.75, 3.05) is 6.61 Å². The fourth-order valence-corrected chi connectivity index (χ4v) is 2.18. The minimum absolute atomic E-state index is 0.227. The molecule has 2 N–H and O–H groups in total. The van der Waals surface area contributed by atoms with Crippen molar-refractivity contribution in [2.45, 2.75) is 32.4 Å². The van der Waals surface area contributed by atoms with E-state index in [0.29, 0.717) is 0 Å². The normalized spacial score (nSPS) is 11.8. The lowest BCUT2D eigenvalue weighted by atomic mass is 10.0. The van der Waals surface area contributed by atoms with E-state index < -0.39 is 17.7 Å². The average Bonchev–Trinajstić information content (AvgIpc) is 2.57. The number of amides is 1. The number of aliphatic hydroxyl groups excluding tert-OH is 1. The van der Waals surface area contributed by atoms with Crippen molar-refractivity contribution in [3.63, 3.8) is 0 Å². The van der Waals surface area contributed by atoms with Gasteiger partial charge in [0.1, 0.15) is 5.60 Å². The second-order valence-electron chi connectivity index (χ2n) is 6.62. The first-order valence-corrected chi connectivity index (χ1v) is 8.15. The van der Waals surface area contributed by atoms with Crippen LogP contribution in [0.25, 0.3) is 0 Å². The van der Waals surface area contributed by atoms with Gasteiger partial charge in [0.2, 0.25) is 0 Å². The molecule has 0 radical (unpaired) electrons. The van der Waals surface area contributed by atoms with E-state index in [1.165, 1.54) is 0 Å². The Balaban J connectivity index is 2.13. The van der Waals surface area contributed by atoms with E-state index in [4.69, 9.17) is 4.74 Å². The van der Waals surface area contributed by atoms with Crippen molar-refractivity contribution in [1.82, 2.24) is 5.32 Å². The van der Waals surface area contributed by atoms with Crippen molar-refractivity contribution >= 4 is 6.09 Å². The van der Waals surface area contributed by atoms with Crippen LogP contribution in [0.3, 0.4) is 0 Å². The van der Waals surface area contributed by atoms with Crippen LogP contribution in [0.4, 0.5) is 4.79 Å². The Morgan fingerprint density at radius 1 is 1.08 bits per heavy atom. The molecule has 2 rings (SSSR count). The summed E-state index contributed by atoms with van der Waals surface area (Å²) in [6, 6.07) is 16.6. The van der Waals surface area contributed by atoms with E-state index in [9.17, 15) is 9.90 Å². The molecule has 0 saturated heterocycles. The van der Waals surface area contributed by atoms with Gasteiger partial charge in [-0.15, -0.1) is 0 Å². The number of nitrogens with one attached hydrogen (secondary N) is 1. The quantitative estimate of drug-likeness (QED) is 0.841. The molecule has 1 amide bonds. The van der Waals surface area contributed by atoms with E-state index in [1.54, 1.807) is 20.8 Å². The van der Waals surface area contributed by atoms with Crippen LogP contribution < -0.4 is 5.32 Å². The highest BCUT2D eigenvalue weighted by atomic mass is 16.6.